The highest BCUT2D eigenvalue weighted by molar-refractivity contribution is 5.77. The molecule has 0 bridgehead atoms. The molecule has 5 nitrogen and oxygen atoms in total. The van der Waals surface area contributed by atoms with Gasteiger partial charge in [0.1, 0.15) is 5.76 Å². The average Bonchev–Trinajstić information content (AvgIpc) is 3.32. The van der Waals surface area contributed by atoms with Crippen molar-refractivity contribution in [3.05, 3.63) is 47.9 Å². The molecule has 1 saturated heterocycles. The van der Waals surface area contributed by atoms with E-state index in [9.17, 15) is 4.79 Å². The van der Waals surface area contributed by atoms with Crippen LogP contribution in [0.25, 0.3) is 0 Å². The van der Waals surface area contributed by atoms with Gasteiger partial charge >= 0.3 is 0 Å². The predicted octanol–water partition coefficient (Wildman–Crippen LogP) is 3.30. The standard InChI is InChI=1S/C18H19NO4/c20-18(8-6-14-3-2-10-21-14)19-9-1-4-15(19)13-5-7-16-17(11-13)23-12-22-16/h2-3,5,7,10-11,15H,1,4,6,8-9,12H2/t15-/m0/s1. The lowest BCUT2D eigenvalue weighted by molar-refractivity contribution is -0.132. The van der Waals surface area contributed by atoms with Gasteiger partial charge < -0.3 is 18.8 Å². The third kappa shape index (κ3) is 2.79. The number of carbonyl (C=O) groups is 1. The minimum absolute atomic E-state index is 0.133. The molecule has 4 rings (SSSR count). The van der Waals surface area contributed by atoms with Crippen molar-refractivity contribution < 1.29 is 18.7 Å². The van der Waals surface area contributed by atoms with Crippen LogP contribution in [0.15, 0.2) is 41.0 Å². The monoisotopic (exact) mass is 313 g/mol. The fourth-order valence-electron chi connectivity index (χ4n) is 3.36. The van der Waals surface area contributed by atoms with Gasteiger partial charge in [0, 0.05) is 19.4 Å². The van der Waals surface area contributed by atoms with Crippen LogP contribution < -0.4 is 9.47 Å². The Balaban J connectivity index is 1.46. The number of nitrogens with zero attached hydrogens (tertiary/aromatic N) is 1. The SMILES string of the molecule is O=C(CCc1ccco1)N1CCC[C@H]1c1ccc2c(c1)OCO2. The van der Waals surface area contributed by atoms with Crippen molar-refractivity contribution in [2.45, 2.75) is 31.7 Å². The van der Waals surface area contributed by atoms with Gasteiger partial charge in [-0.25, -0.2) is 0 Å². The first-order chi connectivity index (χ1) is 11.3. The maximum Gasteiger partial charge on any atom is 0.231 e. The predicted molar refractivity (Wildman–Crippen MR) is 83.3 cm³/mol. The molecule has 1 amide bonds. The Morgan fingerprint density at radius 3 is 3.00 bits per heavy atom. The molecule has 0 N–H and O–H groups in total. The molecule has 0 radical (unpaired) electrons. The van der Waals surface area contributed by atoms with E-state index in [2.05, 4.69) is 0 Å². The zero-order valence-corrected chi connectivity index (χ0v) is 12.9. The van der Waals surface area contributed by atoms with Crippen LogP contribution in [0.5, 0.6) is 11.5 Å². The molecule has 2 aliphatic heterocycles. The molecule has 23 heavy (non-hydrogen) atoms. The highest BCUT2D eigenvalue weighted by Gasteiger charge is 2.30. The summed E-state index contributed by atoms with van der Waals surface area (Å²) < 4.78 is 16.1. The Labute approximate surface area is 134 Å². The average molecular weight is 313 g/mol. The summed E-state index contributed by atoms with van der Waals surface area (Å²) >= 11 is 0. The first-order valence-corrected chi connectivity index (χ1v) is 8.02. The Morgan fingerprint density at radius 2 is 2.13 bits per heavy atom. The summed E-state index contributed by atoms with van der Waals surface area (Å²) in [6.07, 6.45) is 4.80. The lowest BCUT2D eigenvalue weighted by Gasteiger charge is -2.25. The lowest BCUT2D eigenvalue weighted by Crippen LogP contribution is -2.30. The topological polar surface area (TPSA) is 51.9 Å². The molecule has 2 aromatic rings. The fraction of sp³-hybridized carbons (Fsp3) is 0.389. The van der Waals surface area contributed by atoms with Gasteiger partial charge in [0.25, 0.3) is 0 Å². The van der Waals surface area contributed by atoms with E-state index in [0.29, 0.717) is 12.8 Å². The molecular weight excluding hydrogens is 294 g/mol. The van der Waals surface area contributed by atoms with Gasteiger partial charge in [-0.15, -0.1) is 0 Å². The zero-order chi connectivity index (χ0) is 15.6. The van der Waals surface area contributed by atoms with Crippen LogP contribution in [0.3, 0.4) is 0 Å². The van der Waals surface area contributed by atoms with Gasteiger partial charge in [-0.2, -0.15) is 0 Å². The van der Waals surface area contributed by atoms with Crippen molar-refractivity contribution in [3.8, 4) is 11.5 Å². The van der Waals surface area contributed by atoms with Crippen molar-refractivity contribution >= 4 is 5.91 Å². The summed E-state index contributed by atoms with van der Waals surface area (Å²) in [5.74, 6) is 2.60. The maximum absolute atomic E-state index is 12.6. The second-order valence-electron chi connectivity index (χ2n) is 5.94. The summed E-state index contributed by atoms with van der Waals surface area (Å²) in [5, 5.41) is 0. The van der Waals surface area contributed by atoms with Crippen molar-refractivity contribution in [1.29, 1.82) is 0 Å². The Morgan fingerprint density at radius 1 is 1.22 bits per heavy atom. The van der Waals surface area contributed by atoms with Crippen molar-refractivity contribution in [2.75, 3.05) is 13.3 Å². The lowest BCUT2D eigenvalue weighted by atomic mass is 10.0. The van der Waals surface area contributed by atoms with Gasteiger partial charge in [0.2, 0.25) is 12.7 Å². The second-order valence-corrected chi connectivity index (χ2v) is 5.94. The molecule has 5 heteroatoms. The third-order valence-corrected chi connectivity index (χ3v) is 4.52. The molecule has 120 valence electrons. The number of rotatable bonds is 4. The summed E-state index contributed by atoms with van der Waals surface area (Å²) in [6.45, 7) is 1.09. The molecule has 2 aliphatic rings. The molecule has 0 saturated carbocycles. The van der Waals surface area contributed by atoms with Gasteiger partial charge in [-0.1, -0.05) is 6.07 Å². The van der Waals surface area contributed by atoms with Crippen molar-refractivity contribution in [1.82, 2.24) is 4.90 Å². The van der Waals surface area contributed by atoms with Crippen LogP contribution in [0.4, 0.5) is 0 Å². The van der Waals surface area contributed by atoms with Crippen LogP contribution in [-0.2, 0) is 11.2 Å². The number of furan rings is 1. The minimum Gasteiger partial charge on any atom is -0.469 e. The molecule has 0 spiro atoms. The number of ether oxygens (including phenoxy) is 2. The number of hydrogen-bond acceptors (Lipinski definition) is 4. The first kappa shape index (κ1) is 14.2. The third-order valence-electron chi connectivity index (χ3n) is 4.52. The molecule has 1 aromatic carbocycles. The van der Waals surface area contributed by atoms with Crippen LogP contribution in [-0.4, -0.2) is 24.1 Å². The normalized spacial score (nSPS) is 19.3. The summed E-state index contributed by atoms with van der Waals surface area (Å²) in [5.41, 5.74) is 1.12. The highest BCUT2D eigenvalue weighted by Crippen LogP contribution is 2.39. The van der Waals surface area contributed by atoms with Crippen LogP contribution in [0.2, 0.25) is 0 Å². The summed E-state index contributed by atoms with van der Waals surface area (Å²) in [7, 11) is 0. The molecule has 3 heterocycles. The van der Waals surface area contributed by atoms with E-state index in [4.69, 9.17) is 13.9 Å². The highest BCUT2D eigenvalue weighted by atomic mass is 16.7. The van der Waals surface area contributed by atoms with E-state index in [-0.39, 0.29) is 18.7 Å². The largest absolute Gasteiger partial charge is 0.469 e. The number of benzene rings is 1. The molecular formula is C18H19NO4. The van der Waals surface area contributed by atoms with Crippen LogP contribution in [0, 0.1) is 0 Å². The summed E-state index contributed by atoms with van der Waals surface area (Å²) in [4.78, 5) is 14.6. The van der Waals surface area contributed by atoms with Gasteiger partial charge in [-0.05, 0) is 42.7 Å². The number of hydrogen-bond donors (Lipinski definition) is 0. The van der Waals surface area contributed by atoms with Gasteiger partial charge in [-0.3, -0.25) is 4.79 Å². The van der Waals surface area contributed by atoms with Gasteiger partial charge in [0.05, 0.1) is 12.3 Å². The van der Waals surface area contributed by atoms with E-state index >= 15 is 0 Å². The smallest absolute Gasteiger partial charge is 0.231 e. The molecule has 1 atom stereocenters. The van der Waals surface area contributed by atoms with Crippen LogP contribution in [0.1, 0.15) is 36.6 Å². The zero-order valence-electron chi connectivity index (χ0n) is 12.9. The molecule has 0 unspecified atom stereocenters. The van der Waals surface area contributed by atoms with E-state index in [1.54, 1.807) is 6.26 Å². The number of aryl methyl sites for hydroxylation is 1. The van der Waals surface area contributed by atoms with E-state index in [1.807, 2.05) is 35.2 Å². The van der Waals surface area contributed by atoms with Crippen molar-refractivity contribution in [3.63, 3.8) is 0 Å². The van der Waals surface area contributed by atoms with Crippen molar-refractivity contribution in [2.24, 2.45) is 0 Å². The summed E-state index contributed by atoms with van der Waals surface area (Å²) in [6, 6.07) is 9.87. The fourth-order valence-corrected chi connectivity index (χ4v) is 3.36. The number of amides is 1. The number of likely N-dealkylation sites (tertiary alicyclic amines) is 1. The second kappa shape index (κ2) is 5.99. The quantitative estimate of drug-likeness (QED) is 0.869. The van der Waals surface area contributed by atoms with E-state index in [0.717, 1.165) is 42.2 Å². The van der Waals surface area contributed by atoms with Crippen LogP contribution >= 0.6 is 0 Å². The number of carbonyl (C=O) groups excluding carboxylic acids is 1. The Hall–Kier alpha value is -2.43. The number of fused-ring (bicyclic) bond motifs is 1. The van der Waals surface area contributed by atoms with E-state index in [1.165, 1.54) is 0 Å². The Bertz CT molecular complexity index is 695. The van der Waals surface area contributed by atoms with E-state index < -0.39 is 0 Å². The maximum atomic E-state index is 12.6. The molecule has 1 aromatic heterocycles. The molecule has 1 fully saturated rings. The molecule has 0 aliphatic carbocycles. The van der Waals surface area contributed by atoms with Gasteiger partial charge in [0.15, 0.2) is 11.5 Å². The Kier molecular flexibility index (Phi) is 3.69. The minimum atomic E-state index is 0.133. The first-order valence-electron chi connectivity index (χ1n) is 8.02.